The number of para-hydroxylation sites is 1. The molecule has 2 heterocycles. The average molecular weight is 543 g/mol. The van der Waals surface area contributed by atoms with Gasteiger partial charge in [-0.1, -0.05) is 41.7 Å². The van der Waals surface area contributed by atoms with E-state index in [2.05, 4.69) is 20.8 Å². The summed E-state index contributed by atoms with van der Waals surface area (Å²) in [5, 5.41) is 17.5. The van der Waals surface area contributed by atoms with Gasteiger partial charge in [-0.15, -0.1) is 11.8 Å². The van der Waals surface area contributed by atoms with E-state index in [0.29, 0.717) is 27.9 Å². The van der Waals surface area contributed by atoms with Gasteiger partial charge in [0, 0.05) is 10.5 Å². The number of hydrazone groups is 1. The normalized spacial score (nSPS) is 11.4. The lowest BCUT2D eigenvalue weighted by molar-refractivity contribution is -0.113. The first-order valence-electron chi connectivity index (χ1n) is 11.6. The van der Waals surface area contributed by atoms with Crippen molar-refractivity contribution in [1.82, 2.24) is 4.98 Å². The van der Waals surface area contributed by atoms with Crippen LogP contribution in [0.5, 0.6) is 0 Å². The zero-order valence-electron chi connectivity index (χ0n) is 20.2. The summed E-state index contributed by atoms with van der Waals surface area (Å²) < 4.78 is 7.01. The molecule has 0 bridgehead atoms. The molecule has 38 heavy (non-hydrogen) atoms. The first-order valence-corrected chi connectivity index (χ1v) is 13.4. The van der Waals surface area contributed by atoms with Crippen molar-refractivity contribution in [2.75, 3.05) is 16.5 Å². The molecule has 5 aromatic rings. The van der Waals surface area contributed by atoms with E-state index in [1.165, 1.54) is 29.2 Å². The summed E-state index contributed by atoms with van der Waals surface area (Å²) in [5.74, 6) is -0.268. The number of fused-ring (bicyclic) bond motifs is 1. The van der Waals surface area contributed by atoms with Crippen LogP contribution >= 0.6 is 23.1 Å². The van der Waals surface area contributed by atoms with E-state index < -0.39 is 5.97 Å². The molecule has 0 radical (unpaired) electrons. The van der Waals surface area contributed by atoms with Gasteiger partial charge < -0.3 is 14.8 Å². The number of amides is 1. The predicted octanol–water partition coefficient (Wildman–Crippen LogP) is 6.82. The number of nitrogens with zero attached hydrogens (tertiary/aromatic N) is 2. The molecule has 0 saturated carbocycles. The topological polar surface area (TPSA) is 117 Å². The summed E-state index contributed by atoms with van der Waals surface area (Å²) in [5.41, 5.74) is 5.24. The molecule has 0 fully saturated rings. The van der Waals surface area contributed by atoms with Crippen LogP contribution in [0.3, 0.4) is 0 Å². The minimum Gasteiger partial charge on any atom is -0.478 e. The number of carbonyl (C=O) groups excluding carboxylic acids is 1. The van der Waals surface area contributed by atoms with Crippen molar-refractivity contribution in [1.29, 1.82) is 0 Å². The van der Waals surface area contributed by atoms with Crippen molar-refractivity contribution in [3.63, 3.8) is 0 Å². The molecular weight excluding hydrogens is 520 g/mol. The highest BCUT2D eigenvalue weighted by atomic mass is 32.2. The Hall–Kier alpha value is -4.41. The summed E-state index contributed by atoms with van der Waals surface area (Å²) in [6, 6.07) is 25.7. The van der Waals surface area contributed by atoms with Gasteiger partial charge in [0.1, 0.15) is 11.5 Å². The molecule has 0 aliphatic rings. The molecule has 10 heteroatoms. The van der Waals surface area contributed by atoms with Gasteiger partial charge >= 0.3 is 5.97 Å². The first kappa shape index (κ1) is 25.2. The highest BCUT2D eigenvalue weighted by Gasteiger charge is 2.16. The number of aromatic nitrogens is 1. The van der Waals surface area contributed by atoms with Gasteiger partial charge in [0.15, 0.2) is 5.76 Å². The standard InChI is InChI=1S/C28H22N4O4S2/c1-17(31-32-28-30-22-9-5-6-10-25(22)38-28)23-13-14-24(36-23)18-11-12-21(20(15-18)27(34)35)29-26(33)16-37-19-7-3-2-4-8-19/h2-15H,16H2,1H3,(H,29,33)(H,30,32)(H,34,35)/b31-17+. The molecule has 0 atom stereocenters. The molecule has 3 aromatic carbocycles. The Kier molecular flexibility index (Phi) is 7.52. The van der Waals surface area contributed by atoms with Crippen LogP contribution in [0.15, 0.2) is 99.3 Å². The number of rotatable bonds is 9. The van der Waals surface area contributed by atoms with Crippen molar-refractivity contribution in [2.24, 2.45) is 5.10 Å². The third kappa shape index (κ3) is 5.93. The van der Waals surface area contributed by atoms with Crippen molar-refractivity contribution in [2.45, 2.75) is 11.8 Å². The van der Waals surface area contributed by atoms with Gasteiger partial charge in [-0.05, 0) is 61.5 Å². The number of carbonyl (C=O) groups is 2. The summed E-state index contributed by atoms with van der Waals surface area (Å²) in [6.07, 6.45) is 0. The summed E-state index contributed by atoms with van der Waals surface area (Å²) in [7, 11) is 0. The van der Waals surface area contributed by atoms with E-state index >= 15 is 0 Å². The number of nitrogens with one attached hydrogen (secondary N) is 2. The van der Waals surface area contributed by atoms with Crippen LogP contribution in [0, 0.1) is 0 Å². The Bertz CT molecular complexity index is 1610. The molecule has 190 valence electrons. The number of hydrogen-bond acceptors (Lipinski definition) is 8. The van der Waals surface area contributed by atoms with Gasteiger partial charge in [-0.25, -0.2) is 9.78 Å². The lowest BCUT2D eigenvalue weighted by Gasteiger charge is -2.10. The number of hydrogen-bond donors (Lipinski definition) is 3. The highest BCUT2D eigenvalue weighted by molar-refractivity contribution is 8.00. The zero-order valence-corrected chi connectivity index (χ0v) is 21.8. The number of carboxylic acid groups (broad SMARTS) is 1. The van der Waals surface area contributed by atoms with Gasteiger partial charge in [-0.3, -0.25) is 10.2 Å². The largest absolute Gasteiger partial charge is 0.478 e. The van der Waals surface area contributed by atoms with Crippen LogP contribution in [-0.2, 0) is 4.79 Å². The molecule has 0 spiro atoms. The molecule has 3 N–H and O–H groups in total. The van der Waals surface area contributed by atoms with Crippen LogP contribution in [0.25, 0.3) is 21.5 Å². The Morgan fingerprint density at radius 1 is 1.03 bits per heavy atom. The molecule has 1 amide bonds. The number of aromatic carboxylic acids is 1. The zero-order chi connectivity index (χ0) is 26.5. The Morgan fingerprint density at radius 2 is 1.82 bits per heavy atom. The smallest absolute Gasteiger partial charge is 0.337 e. The minimum atomic E-state index is -1.15. The lowest BCUT2D eigenvalue weighted by Crippen LogP contribution is -2.16. The van der Waals surface area contributed by atoms with E-state index in [1.54, 1.807) is 31.2 Å². The number of thiazole rings is 1. The van der Waals surface area contributed by atoms with E-state index in [9.17, 15) is 14.7 Å². The maximum absolute atomic E-state index is 12.4. The molecular formula is C28H22N4O4S2. The maximum Gasteiger partial charge on any atom is 0.337 e. The summed E-state index contributed by atoms with van der Waals surface area (Å²) in [4.78, 5) is 29.8. The highest BCUT2D eigenvalue weighted by Crippen LogP contribution is 2.29. The van der Waals surface area contributed by atoms with Crippen molar-refractivity contribution >= 4 is 61.7 Å². The minimum absolute atomic E-state index is 0.0265. The molecule has 0 aliphatic heterocycles. The molecule has 0 saturated heterocycles. The number of anilines is 2. The summed E-state index contributed by atoms with van der Waals surface area (Å²) >= 11 is 2.88. The SMILES string of the molecule is C/C(=N\Nc1nc2ccccc2s1)c1ccc(-c2ccc(NC(=O)CSc3ccccc3)c(C(=O)O)c2)o1. The monoisotopic (exact) mass is 542 g/mol. The van der Waals surface area contributed by atoms with Crippen molar-refractivity contribution < 1.29 is 19.1 Å². The van der Waals surface area contributed by atoms with Gasteiger partial charge in [0.2, 0.25) is 11.0 Å². The second-order valence-electron chi connectivity index (χ2n) is 8.18. The van der Waals surface area contributed by atoms with Gasteiger partial charge in [-0.2, -0.15) is 5.10 Å². The number of thioether (sulfide) groups is 1. The summed E-state index contributed by atoms with van der Waals surface area (Å²) in [6.45, 7) is 1.80. The first-order chi connectivity index (χ1) is 18.5. The van der Waals surface area contributed by atoms with E-state index in [-0.39, 0.29) is 22.9 Å². The quantitative estimate of drug-likeness (QED) is 0.106. The lowest BCUT2D eigenvalue weighted by atomic mass is 10.1. The fraction of sp³-hybridized carbons (Fsp3) is 0.0714. The number of furan rings is 1. The number of carboxylic acids is 1. The van der Waals surface area contributed by atoms with Crippen LogP contribution in [0.4, 0.5) is 10.8 Å². The van der Waals surface area contributed by atoms with Crippen LogP contribution in [0.1, 0.15) is 23.0 Å². The molecule has 5 rings (SSSR count). The Morgan fingerprint density at radius 3 is 2.61 bits per heavy atom. The van der Waals surface area contributed by atoms with Crippen molar-refractivity contribution in [3.05, 3.63) is 96.3 Å². The fourth-order valence-corrected chi connectivity index (χ4v) is 5.16. The second kappa shape index (κ2) is 11.3. The Labute approximate surface area is 226 Å². The Balaban J connectivity index is 1.28. The molecule has 8 nitrogen and oxygen atoms in total. The number of benzene rings is 3. The molecule has 0 aliphatic carbocycles. The van der Waals surface area contributed by atoms with Crippen LogP contribution < -0.4 is 10.7 Å². The van der Waals surface area contributed by atoms with Gasteiger partial charge in [0.05, 0.1) is 27.2 Å². The fourth-order valence-electron chi connectivity index (χ4n) is 3.63. The second-order valence-corrected chi connectivity index (χ2v) is 10.3. The van der Waals surface area contributed by atoms with Crippen LogP contribution in [0.2, 0.25) is 0 Å². The molecule has 0 unspecified atom stereocenters. The van der Waals surface area contributed by atoms with Crippen molar-refractivity contribution in [3.8, 4) is 11.3 Å². The predicted molar refractivity (Wildman–Crippen MR) is 152 cm³/mol. The van der Waals surface area contributed by atoms with E-state index in [4.69, 9.17) is 4.42 Å². The average Bonchev–Trinajstić information content (AvgIpc) is 3.59. The molecule has 2 aromatic heterocycles. The third-order valence-corrected chi connectivity index (χ3v) is 7.45. The van der Waals surface area contributed by atoms with Crippen LogP contribution in [-0.4, -0.2) is 33.4 Å². The van der Waals surface area contributed by atoms with E-state index in [0.717, 1.165) is 15.1 Å². The van der Waals surface area contributed by atoms with E-state index in [1.807, 2.05) is 54.6 Å². The maximum atomic E-state index is 12.4. The third-order valence-electron chi connectivity index (χ3n) is 5.50. The van der Waals surface area contributed by atoms with Gasteiger partial charge in [0.25, 0.3) is 0 Å².